The lowest BCUT2D eigenvalue weighted by Gasteiger charge is -2.12. The molecular formula is C13H19NO4. The summed E-state index contributed by atoms with van der Waals surface area (Å²) in [6.45, 7) is 7.16. The number of aryl methyl sites for hydroxylation is 2. The van der Waals surface area contributed by atoms with Crippen LogP contribution >= 0.6 is 0 Å². The maximum absolute atomic E-state index is 12.1. The molecule has 1 unspecified atom stereocenters. The largest absolute Gasteiger partial charge is 0.469 e. The zero-order valence-electron chi connectivity index (χ0n) is 11.4. The zero-order valence-corrected chi connectivity index (χ0v) is 11.4. The number of nitrogens with one attached hydrogen (secondary N) is 1. The van der Waals surface area contributed by atoms with E-state index < -0.39 is 0 Å². The number of hydrogen-bond donors (Lipinski definition) is 1. The Balaban J connectivity index is 2.74. The second-order valence-electron chi connectivity index (χ2n) is 4.37. The number of amides is 1. The van der Waals surface area contributed by atoms with Crippen molar-refractivity contribution in [2.75, 3.05) is 7.11 Å². The van der Waals surface area contributed by atoms with Gasteiger partial charge in [-0.25, -0.2) is 0 Å². The summed E-state index contributed by atoms with van der Waals surface area (Å²) in [5, 5.41) is 2.76. The van der Waals surface area contributed by atoms with Gasteiger partial charge >= 0.3 is 5.97 Å². The van der Waals surface area contributed by atoms with E-state index in [2.05, 4.69) is 10.1 Å². The van der Waals surface area contributed by atoms with Gasteiger partial charge in [-0.05, 0) is 27.7 Å². The number of esters is 1. The standard InChI is InChI=1S/C13H19NO4/c1-7(6-11(15)17-5)14-13(16)12-8(2)9(3)18-10(12)4/h7H,6H2,1-5H3,(H,14,16). The number of carbonyl (C=O) groups is 2. The molecule has 0 saturated carbocycles. The molecule has 0 fully saturated rings. The fourth-order valence-corrected chi connectivity index (χ4v) is 1.81. The van der Waals surface area contributed by atoms with E-state index >= 15 is 0 Å². The van der Waals surface area contributed by atoms with Crippen molar-refractivity contribution in [1.82, 2.24) is 5.32 Å². The van der Waals surface area contributed by atoms with Crippen molar-refractivity contribution in [3.63, 3.8) is 0 Å². The zero-order chi connectivity index (χ0) is 13.9. The first-order chi connectivity index (χ1) is 8.36. The number of ether oxygens (including phenoxy) is 1. The normalized spacial score (nSPS) is 12.1. The molecule has 0 spiro atoms. The summed E-state index contributed by atoms with van der Waals surface area (Å²) in [6, 6.07) is -0.279. The van der Waals surface area contributed by atoms with Gasteiger partial charge in [0.05, 0.1) is 19.1 Å². The van der Waals surface area contributed by atoms with Gasteiger partial charge in [0.15, 0.2) is 0 Å². The summed E-state index contributed by atoms with van der Waals surface area (Å²) in [5.74, 6) is 0.754. The Morgan fingerprint density at radius 3 is 2.33 bits per heavy atom. The van der Waals surface area contributed by atoms with Gasteiger partial charge in [0.2, 0.25) is 0 Å². The maximum Gasteiger partial charge on any atom is 0.307 e. The lowest BCUT2D eigenvalue weighted by Crippen LogP contribution is -2.34. The summed E-state index contributed by atoms with van der Waals surface area (Å²) < 4.78 is 9.95. The Bertz CT molecular complexity index is 462. The average Bonchev–Trinajstić information content (AvgIpc) is 2.52. The number of furan rings is 1. The number of hydrogen-bond acceptors (Lipinski definition) is 4. The van der Waals surface area contributed by atoms with Gasteiger partial charge < -0.3 is 14.5 Å². The summed E-state index contributed by atoms with van der Waals surface area (Å²) in [6.07, 6.45) is 0.150. The third kappa shape index (κ3) is 3.12. The minimum Gasteiger partial charge on any atom is -0.469 e. The molecule has 1 N–H and O–H groups in total. The van der Waals surface area contributed by atoms with Crippen LogP contribution in [-0.2, 0) is 9.53 Å². The van der Waals surface area contributed by atoms with E-state index in [0.717, 1.165) is 11.3 Å². The fraction of sp³-hybridized carbons (Fsp3) is 0.538. The van der Waals surface area contributed by atoms with E-state index in [0.29, 0.717) is 11.3 Å². The van der Waals surface area contributed by atoms with Crippen LogP contribution in [0.15, 0.2) is 4.42 Å². The first kappa shape index (κ1) is 14.3. The first-order valence-corrected chi connectivity index (χ1v) is 5.81. The van der Waals surface area contributed by atoms with Crippen LogP contribution in [0.25, 0.3) is 0 Å². The van der Waals surface area contributed by atoms with E-state index in [-0.39, 0.29) is 24.3 Å². The molecule has 0 aliphatic carbocycles. The minimum absolute atomic E-state index is 0.150. The quantitative estimate of drug-likeness (QED) is 0.832. The Labute approximate surface area is 106 Å². The van der Waals surface area contributed by atoms with Crippen LogP contribution in [0, 0.1) is 20.8 Å². The summed E-state index contributed by atoms with van der Waals surface area (Å²) >= 11 is 0. The minimum atomic E-state index is -0.348. The Morgan fingerprint density at radius 1 is 1.28 bits per heavy atom. The van der Waals surface area contributed by atoms with E-state index in [4.69, 9.17) is 4.42 Å². The first-order valence-electron chi connectivity index (χ1n) is 5.81. The van der Waals surface area contributed by atoms with Crippen molar-refractivity contribution in [2.45, 2.75) is 40.2 Å². The van der Waals surface area contributed by atoms with Gasteiger partial charge in [0.1, 0.15) is 11.5 Å². The van der Waals surface area contributed by atoms with Crippen molar-refractivity contribution < 1.29 is 18.7 Å². The summed E-state index contributed by atoms with van der Waals surface area (Å²) in [4.78, 5) is 23.1. The molecular weight excluding hydrogens is 234 g/mol. The molecule has 0 saturated heterocycles. The SMILES string of the molecule is COC(=O)CC(C)NC(=O)c1c(C)oc(C)c1C. The van der Waals surface area contributed by atoms with Gasteiger partial charge in [-0.2, -0.15) is 0 Å². The average molecular weight is 253 g/mol. The molecule has 0 aromatic carbocycles. The third-order valence-corrected chi connectivity index (χ3v) is 2.87. The van der Waals surface area contributed by atoms with Crippen LogP contribution in [0.2, 0.25) is 0 Å². The second-order valence-corrected chi connectivity index (χ2v) is 4.37. The van der Waals surface area contributed by atoms with Crippen molar-refractivity contribution in [2.24, 2.45) is 0 Å². The third-order valence-electron chi connectivity index (χ3n) is 2.87. The van der Waals surface area contributed by atoms with Crippen LogP contribution < -0.4 is 5.32 Å². The highest BCUT2D eigenvalue weighted by Gasteiger charge is 2.20. The molecule has 100 valence electrons. The fourth-order valence-electron chi connectivity index (χ4n) is 1.81. The van der Waals surface area contributed by atoms with Crippen LogP contribution in [0.1, 0.15) is 40.8 Å². The van der Waals surface area contributed by atoms with Gasteiger partial charge in [-0.1, -0.05) is 0 Å². The highest BCUT2D eigenvalue weighted by molar-refractivity contribution is 5.97. The number of rotatable bonds is 4. The molecule has 1 amide bonds. The Hall–Kier alpha value is -1.78. The van der Waals surface area contributed by atoms with Crippen LogP contribution in [-0.4, -0.2) is 25.0 Å². The molecule has 5 nitrogen and oxygen atoms in total. The van der Waals surface area contributed by atoms with Crippen molar-refractivity contribution in [1.29, 1.82) is 0 Å². The van der Waals surface area contributed by atoms with Gasteiger partial charge in [-0.3, -0.25) is 9.59 Å². The maximum atomic E-state index is 12.1. The topological polar surface area (TPSA) is 68.5 Å². The van der Waals surface area contributed by atoms with Crippen molar-refractivity contribution in [3.05, 3.63) is 22.6 Å². The van der Waals surface area contributed by atoms with Gasteiger partial charge in [0.25, 0.3) is 5.91 Å². The second kappa shape index (κ2) is 5.71. The predicted octanol–water partition coefficient (Wildman–Crippen LogP) is 1.89. The predicted molar refractivity (Wildman–Crippen MR) is 66.5 cm³/mol. The van der Waals surface area contributed by atoms with Crippen LogP contribution in [0.5, 0.6) is 0 Å². The van der Waals surface area contributed by atoms with E-state index in [1.807, 2.05) is 13.8 Å². The lowest BCUT2D eigenvalue weighted by molar-refractivity contribution is -0.141. The van der Waals surface area contributed by atoms with Crippen LogP contribution in [0.3, 0.4) is 0 Å². The summed E-state index contributed by atoms with van der Waals surface area (Å²) in [5.41, 5.74) is 1.37. The Kier molecular flexibility index (Phi) is 4.53. The monoisotopic (exact) mass is 253 g/mol. The summed E-state index contributed by atoms with van der Waals surface area (Å²) in [7, 11) is 1.32. The molecule has 0 bridgehead atoms. The number of methoxy groups -OCH3 is 1. The number of carbonyl (C=O) groups excluding carboxylic acids is 2. The van der Waals surface area contributed by atoms with Gasteiger partial charge in [0, 0.05) is 11.6 Å². The molecule has 1 aromatic heterocycles. The molecule has 5 heteroatoms. The lowest BCUT2D eigenvalue weighted by atomic mass is 10.1. The highest BCUT2D eigenvalue weighted by atomic mass is 16.5. The molecule has 1 heterocycles. The van der Waals surface area contributed by atoms with Crippen LogP contribution in [0.4, 0.5) is 0 Å². The molecule has 0 aliphatic heterocycles. The van der Waals surface area contributed by atoms with E-state index in [9.17, 15) is 9.59 Å². The molecule has 18 heavy (non-hydrogen) atoms. The van der Waals surface area contributed by atoms with E-state index in [1.165, 1.54) is 7.11 Å². The smallest absolute Gasteiger partial charge is 0.307 e. The highest BCUT2D eigenvalue weighted by Crippen LogP contribution is 2.20. The van der Waals surface area contributed by atoms with Crippen molar-refractivity contribution in [3.8, 4) is 0 Å². The van der Waals surface area contributed by atoms with Crippen molar-refractivity contribution >= 4 is 11.9 Å². The molecule has 0 aliphatic rings. The molecule has 1 aromatic rings. The van der Waals surface area contributed by atoms with Gasteiger partial charge in [-0.15, -0.1) is 0 Å². The molecule has 0 radical (unpaired) electrons. The van der Waals surface area contributed by atoms with E-state index in [1.54, 1.807) is 13.8 Å². The molecule has 1 rings (SSSR count). The Morgan fingerprint density at radius 2 is 1.89 bits per heavy atom. The molecule has 1 atom stereocenters.